The SMILES string of the molecule is O=C(Nc1ccc(NC(=O)C2CCC(C(=O)O)CC2)cc1)c1ccco1. The van der Waals surface area contributed by atoms with Crippen molar-refractivity contribution in [3.8, 4) is 0 Å². The number of hydrogen-bond acceptors (Lipinski definition) is 4. The predicted molar refractivity (Wildman–Crippen MR) is 94.8 cm³/mol. The highest BCUT2D eigenvalue weighted by Crippen LogP contribution is 2.30. The van der Waals surface area contributed by atoms with Crippen LogP contribution in [-0.2, 0) is 9.59 Å². The second-order valence-electron chi connectivity index (χ2n) is 6.38. The molecule has 1 aliphatic carbocycles. The van der Waals surface area contributed by atoms with Crippen LogP contribution in [0.5, 0.6) is 0 Å². The Hall–Kier alpha value is -3.09. The summed E-state index contributed by atoms with van der Waals surface area (Å²) in [5.41, 5.74) is 1.22. The number of rotatable bonds is 5. The van der Waals surface area contributed by atoms with Crippen LogP contribution in [0.4, 0.5) is 11.4 Å². The van der Waals surface area contributed by atoms with Gasteiger partial charge in [-0.3, -0.25) is 14.4 Å². The molecule has 136 valence electrons. The Morgan fingerprint density at radius 3 is 2.00 bits per heavy atom. The van der Waals surface area contributed by atoms with E-state index in [2.05, 4.69) is 10.6 Å². The van der Waals surface area contributed by atoms with Gasteiger partial charge >= 0.3 is 5.97 Å². The molecule has 1 aromatic carbocycles. The zero-order valence-corrected chi connectivity index (χ0v) is 14.1. The summed E-state index contributed by atoms with van der Waals surface area (Å²) in [5.74, 6) is -1.50. The van der Waals surface area contributed by atoms with Crippen LogP contribution in [0.1, 0.15) is 36.2 Å². The molecule has 0 aliphatic heterocycles. The second kappa shape index (κ2) is 7.86. The topological polar surface area (TPSA) is 109 Å². The van der Waals surface area contributed by atoms with Gasteiger partial charge in [0.2, 0.25) is 5.91 Å². The molecule has 0 unspecified atom stereocenters. The van der Waals surface area contributed by atoms with Crippen LogP contribution in [0.2, 0.25) is 0 Å². The smallest absolute Gasteiger partial charge is 0.306 e. The van der Waals surface area contributed by atoms with Crippen LogP contribution in [0.3, 0.4) is 0 Å². The standard InChI is InChI=1S/C19H20N2O5/c22-17(12-3-5-13(6-4-12)19(24)25)20-14-7-9-15(10-8-14)21-18(23)16-2-1-11-26-16/h1-2,7-13H,3-6H2,(H,20,22)(H,21,23)(H,24,25). The Labute approximate surface area is 150 Å². The summed E-state index contributed by atoms with van der Waals surface area (Å²) in [7, 11) is 0. The van der Waals surface area contributed by atoms with Gasteiger partial charge in [-0.1, -0.05) is 0 Å². The first-order valence-electron chi connectivity index (χ1n) is 8.51. The molecule has 1 aromatic heterocycles. The van der Waals surface area contributed by atoms with Crippen LogP contribution >= 0.6 is 0 Å². The minimum atomic E-state index is -0.781. The Balaban J connectivity index is 1.52. The van der Waals surface area contributed by atoms with Gasteiger partial charge in [-0.25, -0.2) is 0 Å². The molecule has 2 aromatic rings. The summed E-state index contributed by atoms with van der Waals surface area (Å²) in [6.45, 7) is 0. The Morgan fingerprint density at radius 2 is 1.46 bits per heavy atom. The predicted octanol–water partition coefficient (Wildman–Crippen LogP) is 3.36. The first-order valence-corrected chi connectivity index (χ1v) is 8.51. The first-order chi connectivity index (χ1) is 12.5. The average molecular weight is 356 g/mol. The molecule has 0 atom stereocenters. The minimum absolute atomic E-state index is 0.0961. The summed E-state index contributed by atoms with van der Waals surface area (Å²) < 4.78 is 5.03. The molecule has 1 aliphatic rings. The molecule has 0 bridgehead atoms. The van der Waals surface area contributed by atoms with Crippen molar-refractivity contribution in [3.05, 3.63) is 48.4 Å². The maximum atomic E-state index is 12.3. The van der Waals surface area contributed by atoms with Gasteiger partial charge in [0.05, 0.1) is 12.2 Å². The summed E-state index contributed by atoms with van der Waals surface area (Å²) in [5, 5.41) is 14.6. The van der Waals surface area contributed by atoms with Gasteiger partial charge < -0.3 is 20.2 Å². The first kappa shape index (κ1) is 17.7. The van der Waals surface area contributed by atoms with Gasteiger partial charge in [-0.05, 0) is 62.1 Å². The van der Waals surface area contributed by atoms with Crippen molar-refractivity contribution >= 4 is 29.2 Å². The van der Waals surface area contributed by atoms with Crippen LogP contribution in [-0.4, -0.2) is 22.9 Å². The third-order valence-corrected chi connectivity index (χ3v) is 4.60. The van der Waals surface area contributed by atoms with Gasteiger partial charge in [-0.15, -0.1) is 0 Å². The van der Waals surface area contributed by atoms with Gasteiger partial charge in [0.15, 0.2) is 5.76 Å². The molecule has 1 saturated carbocycles. The number of carbonyl (C=O) groups excluding carboxylic acids is 2. The largest absolute Gasteiger partial charge is 0.481 e. The van der Waals surface area contributed by atoms with E-state index in [1.54, 1.807) is 36.4 Å². The van der Waals surface area contributed by atoms with Crippen molar-refractivity contribution < 1.29 is 23.9 Å². The highest BCUT2D eigenvalue weighted by Gasteiger charge is 2.29. The fourth-order valence-corrected chi connectivity index (χ4v) is 3.08. The van der Waals surface area contributed by atoms with Crippen molar-refractivity contribution in [3.63, 3.8) is 0 Å². The molecule has 7 nitrogen and oxygen atoms in total. The van der Waals surface area contributed by atoms with Crippen LogP contribution in [0.25, 0.3) is 0 Å². The second-order valence-corrected chi connectivity index (χ2v) is 6.38. The average Bonchev–Trinajstić information content (AvgIpc) is 3.18. The summed E-state index contributed by atoms with van der Waals surface area (Å²) >= 11 is 0. The number of carbonyl (C=O) groups is 3. The van der Waals surface area contributed by atoms with E-state index in [1.807, 2.05) is 0 Å². The van der Waals surface area contributed by atoms with E-state index in [0.717, 1.165) is 0 Å². The van der Waals surface area contributed by atoms with Gasteiger partial charge in [0.25, 0.3) is 5.91 Å². The van der Waals surface area contributed by atoms with E-state index in [4.69, 9.17) is 9.52 Å². The molecule has 7 heteroatoms. The minimum Gasteiger partial charge on any atom is -0.481 e. The van der Waals surface area contributed by atoms with Gasteiger partial charge in [0, 0.05) is 17.3 Å². The molecule has 2 amide bonds. The summed E-state index contributed by atoms with van der Waals surface area (Å²) in [4.78, 5) is 35.2. The van der Waals surface area contributed by atoms with Crippen molar-refractivity contribution in [1.82, 2.24) is 0 Å². The maximum absolute atomic E-state index is 12.3. The highest BCUT2D eigenvalue weighted by molar-refractivity contribution is 6.02. The number of carboxylic acid groups (broad SMARTS) is 1. The number of nitrogens with one attached hydrogen (secondary N) is 2. The molecule has 0 spiro atoms. The van der Waals surface area contributed by atoms with Crippen molar-refractivity contribution in [1.29, 1.82) is 0 Å². The molecule has 0 radical (unpaired) electrons. The van der Waals surface area contributed by atoms with E-state index in [0.29, 0.717) is 37.1 Å². The number of aliphatic carboxylic acids is 1. The molecular weight excluding hydrogens is 336 g/mol. The zero-order chi connectivity index (χ0) is 18.5. The summed E-state index contributed by atoms with van der Waals surface area (Å²) in [6.07, 6.45) is 3.66. The quantitative estimate of drug-likeness (QED) is 0.761. The molecule has 0 saturated heterocycles. The van der Waals surface area contributed by atoms with E-state index >= 15 is 0 Å². The van der Waals surface area contributed by atoms with Gasteiger partial charge in [-0.2, -0.15) is 0 Å². The van der Waals surface area contributed by atoms with Crippen molar-refractivity contribution in [2.75, 3.05) is 10.6 Å². The number of amides is 2. The number of benzene rings is 1. The Bertz CT molecular complexity index is 775. The van der Waals surface area contributed by atoms with Crippen LogP contribution < -0.4 is 10.6 Å². The van der Waals surface area contributed by atoms with Crippen LogP contribution in [0, 0.1) is 11.8 Å². The zero-order valence-electron chi connectivity index (χ0n) is 14.1. The number of furan rings is 1. The number of hydrogen-bond donors (Lipinski definition) is 3. The molecule has 3 rings (SSSR count). The van der Waals surface area contributed by atoms with E-state index in [1.165, 1.54) is 6.26 Å². The monoisotopic (exact) mass is 356 g/mol. The highest BCUT2D eigenvalue weighted by atomic mass is 16.4. The molecule has 1 fully saturated rings. The fourth-order valence-electron chi connectivity index (χ4n) is 3.08. The number of anilines is 2. The Morgan fingerprint density at radius 1 is 0.885 bits per heavy atom. The van der Waals surface area contributed by atoms with E-state index < -0.39 is 5.97 Å². The van der Waals surface area contributed by atoms with E-state index in [-0.39, 0.29) is 29.4 Å². The third-order valence-electron chi connectivity index (χ3n) is 4.60. The van der Waals surface area contributed by atoms with Gasteiger partial charge in [0.1, 0.15) is 0 Å². The lowest BCUT2D eigenvalue weighted by atomic mass is 9.81. The lowest BCUT2D eigenvalue weighted by molar-refractivity contribution is -0.143. The third kappa shape index (κ3) is 4.30. The molecular formula is C19H20N2O5. The molecule has 3 N–H and O–H groups in total. The fraction of sp³-hybridized carbons (Fsp3) is 0.316. The number of carboxylic acids is 1. The lowest BCUT2D eigenvalue weighted by Gasteiger charge is -2.25. The van der Waals surface area contributed by atoms with Crippen molar-refractivity contribution in [2.45, 2.75) is 25.7 Å². The lowest BCUT2D eigenvalue weighted by Crippen LogP contribution is -2.29. The van der Waals surface area contributed by atoms with Crippen LogP contribution in [0.15, 0.2) is 47.1 Å². The van der Waals surface area contributed by atoms with E-state index in [9.17, 15) is 14.4 Å². The maximum Gasteiger partial charge on any atom is 0.306 e. The summed E-state index contributed by atoms with van der Waals surface area (Å²) in [6, 6.07) is 10.0. The van der Waals surface area contributed by atoms with Crippen molar-refractivity contribution in [2.24, 2.45) is 11.8 Å². The molecule has 1 heterocycles. The molecule has 26 heavy (non-hydrogen) atoms. The Kier molecular flexibility index (Phi) is 5.36. The normalized spacial score (nSPS) is 19.5.